The van der Waals surface area contributed by atoms with Gasteiger partial charge < -0.3 is 22.1 Å². The Kier molecular flexibility index (Phi) is 3.33. The standard InChI is InChI=1S/C16H21N7O/c17-13-21-14(18)23(16(22-13)6-2-1-3-7-16)11-4-5-12-10(8-11)9-19-15(24)20-12/h4-5,8H,1-3,6-7,9H2,(H2,19,20,24)(H4,17,18,21,22). The fourth-order valence-corrected chi connectivity index (χ4v) is 3.82. The van der Waals surface area contributed by atoms with E-state index >= 15 is 0 Å². The van der Waals surface area contributed by atoms with Crippen LogP contribution in [0.4, 0.5) is 16.2 Å². The van der Waals surface area contributed by atoms with Crippen molar-refractivity contribution in [3.05, 3.63) is 23.8 Å². The number of hydrogen-bond donors (Lipinski definition) is 4. The molecule has 4 rings (SSSR count). The highest BCUT2D eigenvalue weighted by Gasteiger charge is 2.42. The molecule has 0 atom stereocenters. The molecule has 2 heterocycles. The van der Waals surface area contributed by atoms with Gasteiger partial charge in [0.15, 0.2) is 0 Å². The molecule has 1 aliphatic carbocycles. The third-order valence-electron chi connectivity index (χ3n) is 4.89. The Bertz CT molecular complexity index is 749. The highest BCUT2D eigenvalue weighted by atomic mass is 16.2. The van der Waals surface area contributed by atoms with Crippen molar-refractivity contribution in [2.45, 2.75) is 44.3 Å². The van der Waals surface area contributed by atoms with Crippen LogP contribution < -0.4 is 27.0 Å². The van der Waals surface area contributed by atoms with Crippen molar-refractivity contribution in [3.8, 4) is 0 Å². The molecule has 1 aromatic rings. The lowest BCUT2D eigenvalue weighted by Gasteiger charge is -2.45. The first-order valence-electron chi connectivity index (χ1n) is 8.25. The zero-order chi connectivity index (χ0) is 16.7. The van der Waals surface area contributed by atoms with Crippen LogP contribution in [0.3, 0.4) is 0 Å². The molecule has 2 aliphatic heterocycles. The summed E-state index contributed by atoms with van der Waals surface area (Å²) in [5, 5.41) is 5.58. The minimum Gasteiger partial charge on any atom is -0.369 e. The number of carbonyl (C=O) groups excluding carboxylic acids is 1. The van der Waals surface area contributed by atoms with E-state index in [2.05, 4.69) is 20.6 Å². The molecule has 2 amide bonds. The van der Waals surface area contributed by atoms with Gasteiger partial charge in [-0.3, -0.25) is 4.90 Å². The zero-order valence-electron chi connectivity index (χ0n) is 13.4. The van der Waals surface area contributed by atoms with Crippen LogP contribution in [-0.2, 0) is 6.54 Å². The number of rotatable bonds is 1. The molecule has 0 radical (unpaired) electrons. The third-order valence-corrected chi connectivity index (χ3v) is 4.89. The molecule has 3 aliphatic rings. The molecule has 8 nitrogen and oxygen atoms in total. The van der Waals surface area contributed by atoms with Gasteiger partial charge >= 0.3 is 6.03 Å². The fourth-order valence-electron chi connectivity index (χ4n) is 3.82. The summed E-state index contributed by atoms with van der Waals surface area (Å²) in [6.07, 6.45) is 5.17. The molecule has 1 aromatic carbocycles. The molecule has 1 spiro atoms. The van der Waals surface area contributed by atoms with Crippen LogP contribution in [0.25, 0.3) is 0 Å². The molecule has 126 valence electrons. The van der Waals surface area contributed by atoms with Gasteiger partial charge in [0.2, 0.25) is 11.9 Å². The number of aliphatic imine (C=N–C) groups is 2. The van der Waals surface area contributed by atoms with Crippen LogP contribution in [-0.4, -0.2) is 23.6 Å². The van der Waals surface area contributed by atoms with Crippen LogP contribution >= 0.6 is 0 Å². The van der Waals surface area contributed by atoms with Gasteiger partial charge in [-0.15, -0.1) is 0 Å². The molecule has 0 unspecified atom stereocenters. The number of benzene rings is 1. The van der Waals surface area contributed by atoms with Crippen molar-refractivity contribution in [1.82, 2.24) is 5.32 Å². The minimum absolute atomic E-state index is 0.185. The SMILES string of the molecule is NC1=NC2(CCCCC2)N(c2ccc3c(c2)CNC(=O)N3)C(N)=N1. The first-order chi connectivity index (χ1) is 11.6. The Morgan fingerprint density at radius 1 is 1.17 bits per heavy atom. The molecule has 8 heteroatoms. The Balaban J connectivity index is 1.76. The lowest BCUT2D eigenvalue weighted by Crippen LogP contribution is -2.58. The molecule has 1 saturated carbocycles. The van der Waals surface area contributed by atoms with E-state index in [4.69, 9.17) is 11.5 Å². The van der Waals surface area contributed by atoms with E-state index in [1.54, 1.807) is 0 Å². The van der Waals surface area contributed by atoms with Crippen molar-refractivity contribution < 1.29 is 4.79 Å². The number of fused-ring (bicyclic) bond motifs is 1. The van der Waals surface area contributed by atoms with Crippen LogP contribution in [0.5, 0.6) is 0 Å². The highest BCUT2D eigenvalue weighted by molar-refractivity contribution is 6.06. The van der Waals surface area contributed by atoms with Gasteiger partial charge in [-0.05, 0) is 49.4 Å². The quantitative estimate of drug-likeness (QED) is 0.623. The van der Waals surface area contributed by atoms with Gasteiger partial charge in [0.25, 0.3) is 0 Å². The number of hydrogen-bond acceptors (Lipinski definition) is 6. The van der Waals surface area contributed by atoms with E-state index < -0.39 is 5.66 Å². The second kappa shape index (κ2) is 5.40. The predicted molar refractivity (Wildman–Crippen MR) is 93.8 cm³/mol. The van der Waals surface area contributed by atoms with Crippen molar-refractivity contribution in [3.63, 3.8) is 0 Å². The van der Waals surface area contributed by atoms with Gasteiger partial charge in [0.05, 0.1) is 0 Å². The van der Waals surface area contributed by atoms with E-state index in [-0.39, 0.29) is 12.0 Å². The van der Waals surface area contributed by atoms with Gasteiger partial charge in [-0.2, -0.15) is 4.99 Å². The second-order valence-corrected chi connectivity index (χ2v) is 6.47. The molecular formula is C16H21N7O. The first kappa shape index (κ1) is 14.8. The summed E-state index contributed by atoms with van der Waals surface area (Å²) in [6.45, 7) is 0.484. The van der Waals surface area contributed by atoms with Gasteiger partial charge in [-0.1, -0.05) is 6.42 Å². The molecule has 24 heavy (non-hydrogen) atoms. The highest BCUT2D eigenvalue weighted by Crippen LogP contribution is 2.40. The molecule has 1 fully saturated rings. The van der Waals surface area contributed by atoms with Crippen LogP contribution in [0.1, 0.15) is 37.7 Å². The summed E-state index contributed by atoms with van der Waals surface area (Å²) >= 11 is 0. The van der Waals surface area contributed by atoms with Crippen LogP contribution in [0.15, 0.2) is 28.2 Å². The number of amides is 2. The number of nitrogens with two attached hydrogens (primary N) is 2. The monoisotopic (exact) mass is 327 g/mol. The number of nitrogens with one attached hydrogen (secondary N) is 2. The summed E-state index contributed by atoms with van der Waals surface area (Å²) in [5.74, 6) is 0.620. The van der Waals surface area contributed by atoms with Crippen LogP contribution in [0.2, 0.25) is 0 Å². The van der Waals surface area contributed by atoms with Crippen molar-refractivity contribution in [1.29, 1.82) is 0 Å². The molecule has 0 aromatic heterocycles. The average molecular weight is 327 g/mol. The summed E-state index contributed by atoms with van der Waals surface area (Å²) < 4.78 is 0. The summed E-state index contributed by atoms with van der Waals surface area (Å²) in [6, 6.07) is 5.68. The zero-order valence-corrected chi connectivity index (χ0v) is 13.4. The average Bonchev–Trinajstić information content (AvgIpc) is 2.55. The molecule has 0 saturated heterocycles. The Hall–Kier alpha value is -2.77. The number of carbonyl (C=O) groups is 1. The third kappa shape index (κ3) is 2.34. The predicted octanol–water partition coefficient (Wildman–Crippen LogP) is 1.43. The number of anilines is 2. The van der Waals surface area contributed by atoms with Crippen LogP contribution in [0, 0.1) is 0 Å². The van der Waals surface area contributed by atoms with E-state index in [1.165, 1.54) is 6.42 Å². The maximum atomic E-state index is 11.4. The smallest absolute Gasteiger partial charge is 0.319 e. The first-order valence-corrected chi connectivity index (χ1v) is 8.25. The fraction of sp³-hybridized carbons (Fsp3) is 0.438. The summed E-state index contributed by atoms with van der Waals surface area (Å²) in [4.78, 5) is 22.3. The topological polar surface area (TPSA) is 121 Å². The lowest BCUT2D eigenvalue weighted by atomic mass is 9.87. The number of urea groups is 1. The summed E-state index contributed by atoms with van der Waals surface area (Å²) in [5.41, 5.74) is 14.4. The Labute approximate surface area is 140 Å². The van der Waals surface area contributed by atoms with Crippen molar-refractivity contribution in [2.24, 2.45) is 21.5 Å². The lowest BCUT2D eigenvalue weighted by molar-refractivity contribution is 0.251. The molecule has 0 bridgehead atoms. The minimum atomic E-state index is -0.451. The van der Waals surface area contributed by atoms with Crippen molar-refractivity contribution >= 4 is 29.3 Å². The second-order valence-electron chi connectivity index (χ2n) is 6.47. The van der Waals surface area contributed by atoms with E-state index in [1.807, 2.05) is 23.1 Å². The van der Waals surface area contributed by atoms with Gasteiger partial charge in [0, 0.05) is 17.9 Å². The van der Waals surface area contributed by atoms with Crippen molar-refractivity contribution in [2.75, 3.05) is 10.2 Å². The van der Waals surface area contributed by atoms with Gasteiger partial charge in [-0.25, -0.2) is 9.79 Å². The van der Waals surface area contributed by atoms with E-state index in [0.29, 0.717) is 12.5 Å². The van der Waals surface area contributed by atoms with Gasteiger partial charge in [0.1, 0.15) is 5.66 Å². The molecule has 6 N–H and O–H groups in total. The van der Waals surface area contributed by atoms with E-state index in [9.17, 15) is 4.79 Å². The normalized spacial score (nSPS) is 22.2. The number of nitrogens with zero attached hydrogens (tertiary/aromatic N) is 3. The largest absolute Gasteiger partial charge is 0.369 e. The Morgan fingerprint density at radius 2 is 1.96 bits per heavy atom. The summed E-state index contributed by atoms with van der Waals surface area (Å²) in [7, 11) is 0. The Morgan fingerprint density at radius 3 is 2.75 bits per heavy atom. The number of guanidine groups is 2. The van der Waals surface area contributed by atoms with E-state index in [0.717, 1.165) is 42.6 Å². The molecular weight excluding hydrogens is 306 g/mol. The maximum absolute atomic E-state index is 11.4. The maximum Gasteiger partial charge on any atom is 0.319 e.